The monoisotopic (exact) mass is 304 g/mol. The zero-order valence-corrected chi connectivity index (χ0v) is 13.7. The fourth-order valence-corrected chi connectivity index (χ4v) is 3.34. The van der Waals surface area contributed by atoms with Crippen molar-refractivity contribution < 1.29 is 0 Å². The van der Waals surface area contributed by atoms with E-state index in [4.69, 9.17) is 0 Å². The SMILES string of the molecule is BrCCC1CCCCC1.C1CCCCC1.CC. The Balaban J connectivity index is 0.000000278. The molecule has 0 heterocycles. The molecule has 0 unspecified atom stereocenters. The summed E-state index contributed by atoms with van der Waals surface area (Å²) < 4.78 is 0. The molecule has 0 amide bonds. The Bertz CT molecular complexity index is 109. The average Bonchev–Trinajstić information content (AvgIpc) is 2.45. The summed E-state index contributed by atoms with van der Waals surface area (Å²) in [5, 5.41) is 1.21. The van der Waals surface area contributed by atoms with E-state index in [1.165, 1.54) is 82.4 Å². The highest BCUT2D eigenvalue weighted by Crippen LogP contribution is 2.26. The minimum Gasteiger partial charge on any atom is -0.0928 e. The van der Waals surface area contributed by atoms with E-state index in [0.29, 0.717) is 0 Å². The van der Waals surface area contributed by atoms with E-state index >= 15 is 0 Å². The first-order chi connectivity index (χ1) is 8.43. The molecule has 2 aliphatic carbocycles. The van der Waals surface area contributed by atoms with Crippen molar-refractivity contribution in [2.75, 3.05) is 5.33 Å². The molecule has 0 aromatic rings. The number of halogens is 1. The van der Waals surface area contributed by atoms with Gasteiger partial charge in [0.1, 0.15) is 0 Å². The molecule has 0 N–H and O–H groups in total. The lowest BCUT2D eigenvalue weighted by atomic mass is 9.88. The minimum absolute atomic E-state index is 1.05. The molecule has 17 heavy (non-hydrogen) atoms. The van der Waals surface area contributed by atoms with E-state index in [-0.39, 0.29) is 0 Å². The molecule has 2 rings (SSSR count). The van der Waals surface area contributed by atoms with Crippen molar-refractivity contribution in [2.24, 2.45) is 5.92 Å². The average molecular weight is 305 g/mol. The van der Waals surface area contributed by atoms with Gasteiger partial charge in [0.2, 0.25) is 0 Å². The van der Waals surface area contributed by atoms with Gasteiger partial charge in [0.05, 0.1) is 0 Å². The van der Waals surface area contributed by atoms with Crippen molar-refractivity contribution in [3.63, 3.8) is 0 Å². The second kappa shape index (κ2) is 14.5. The third-order valence-electron chi connectivity index (χ3n) is 3.74. The van der Waals surface area contributed by atoms with Gasteiger partial charge < -0.3 is 0 Å². The van der Waals surface area contributed by atoms with Gasteiger partial charge in [0, 0.05) is 5.33 Å². The summed E-state index contributed by atoms with van der Waals surface area (Å²) in [6.45, 7) is 4.00. The Hall–Kier alpha value is 0.480. The summed E-state index contributed by atoms with van der Waals surface area (Å²) in [7, 11) is 0. The maximum atomic E-state index is 3.48. The highest BCUT2D eigenvalue weighted by Gasteiger charge is 2.11. The molecule has 0 bridgehead atoms. The highest BCUT2D eigenvalue weighted by atomic mass is 79.9. The van der Waals surface area contributed by atoms with Crippen LogP contribution in [0.3, 0.4) is 0 Å². The molecule has 2 saturated carbocycles. The van der Waals surface area contributed by atoms with Gasteiger partial charge >= 0.3 is 0 Å². The van der Waals surface area contributed by atoms with E-state index in [2.05, 4.69) is 15.9 Å². The van der Waals surface area contributed by atoms with Gasteiger partial charge in [0.15, 0.2) is 0 Å². The van der Waals surface area contributed by atoms with Crippen molar-refractivity contribution in [1.82, 2.24) is 0 Å². The lowest BCUT2D eigenvalue weighted by Crippen LogP contribution is -2.05. The van der Waals surface area contributed by atoms with E-state index in [0.717, 1.165) is 5.92 Å². The summed E-state index contributed by atoms with van der Waals surface area (Å²) >= 11 is 3.48. The second-order valence-corrected chi connectivity index (χ2v) is 5.90. The second-order valence-electron chi connectivity index (χ2n) is 5.10. The standard InChI is InChI=1S/C8H15Br.C6H12.C2H6/c9-7-6-8-4-2-1-3-5-8;1-2-4-6-5-3-1;1-2/h8H,1-7H2;1-6H2;1-2H3. The topological polar surface area (TPSA) is 0 Å². The molecule has 0 saturated heterocycles. The van der Waals surface area contributed by atoms with Gasteiger partial charge in [-0.2, -0.15) is 0 Å². The third-order valence-corrected chi connectivity index (χ3v) is 4.20. The molecular weight excluding hydrogens is 272 g/mol. The zero-order valence-electron chi connectivity index (χ0n) is 12.1. The fraction of sp³-hybridized carbons (Fsp3) is 1.00. The van der Waals surface area contributed by atoms with Crippen molar-refractivity contribution >= 4 is 15.9 Å². The third kappa shape index (κ3) is 11.3. The van der Waals surface area contributed by atoms with Crippen LogP contribution in [-0.4, -0.2) is 5.33 Å². The lowest BCUT2D eigenvalue weighted by molar-refractivity contribution is 0.352. The van der Waals surface area contributed by atoms with Crippen LogP contribution in [0.25, 0.3) is 0 Å². The maximum Gasteiger partial charge on any atom is 0.00339 e. The van der Waals surface area contributed by atoms with Crippen LogP contribution < -0.4 is 0 Å². The van der Waals surface area contributed by atoms with Crippen LogP contribution in [0.4, 0.5) is 0 Å². The molecular formula is C16H33Br. The Morgan fingerprint density at radius 3 is 1.41 bits per heavy atom. The molecule has 2 fully saturated rings. The van der Waals surface area contributed by atoms with E-state index in [1.54, 1.807) is 0 Å². The van der Waals surface area contributed by atoms with Crippen molar-refractivity contribution in [2.45, 2.75) is 90.9 Å². The molecule has 0 aromatic heterocycles. The van der Waals surface area contributed by atoms with Crippen LogP contribution in [0, 0.1) is 5.92 Å². The highest BCUT2D eigenvalue weighted by molar-refractivity contribution is 9.09. The lowest BCUT2D eigenvalue weighted by Gasteiger charge is -2.19. The van der Waals surface area contributed by atoms with Crippen LogP contribution >= 0.6 is 15.9 Å². The van der Waals surface area contributed by atoms with Crippen molar-refractivity contribution in [3.05, 3.63) is 0 Å². The van der Waals surface area contributed by atoms with Crippen LogP contribution in [-0.2, 0) is 0 Å². The van der Waals surface area contributed by atoms with Crippen LogP contribution in [0.5, 0.6) is 0 Å². The molecule has 0 spiro atoms. The van der Waals surface area contributed by atoms with E-state index in [1.807, 2.05) is 13.8 Å². The minimum atomic E-state index is 1.05. The fourth-order valence-electron chi connectivity index (χ4n) is 2.69. The maximum absolute atomic E-state index is 3.48. The zero-order chi connectivity index (χ0) is 12.8. The number of hydrogen-bond donors (Lipinski definition) is 0. The van der Waals surface area contributed by atoms with Crippen LogP contribution in [0.1, 0.15) is 90.9 Å². The van der Waals surface area contributed by atoms with Crippen molar-refractivity contribution in [1.29, 1.82) is 0 Å². The first-order valence-electron chi connectivity index (χ1n) is 7.99. The van der Waals surface area contributed by atoms with Gasteiger partial charge in [-0.25, -0.2) is 0 Å². The smallest absolute Gasteiger partial charge is 0.00339 e. The van der Waals surface area contributed by atoms with Gasteiger partial charge in [0.25, 0.3) is 0 Å². The Labute approximate surface area is 118 Å². The van der Waals surface area contributed by atoms with Gasteiger partial charge in [-0.15, -0.1) is 0 Å². The molecule has 0 aromatic carbocycles. The number of rotatable bonds is 2. The largest absolute Gasteiger partial charge is 0.0928 e. The summed E-state index contributed by atoms with van der Waals surface area (Å²) in [4.78, 5) is 0. The molecule has 1 heteroatoms. The van der Waals surface area contributed by atoms with Gasteiger partial charge in [-0.1, -0.05) is 100 Å². The Morgan fingerprint density at radius 2 is 1.06 bits per heavy atom. The summed E-state index contributed by atoms with van der Waals surface area (Å²) in [6.07, 6.45) is 17.8. The quantitative estimate of drug-likeness (QED) is 0.497. The summed E-state index contributed by atoms with van der Waals surface area (Å²) in [6, 6.07) is 0. The molecule has 0 nitrogen and oxygen atoms in total. The normalized spacial score (nSPS) is 20.6. The summed E-state index contributed by atoms with van der Waals surface area (Å²) in [5.41, 5.74) is 0. The van der Waals surface area contributed by atoms with E-state index < -0.39 is 0 Å². The first kappa shape index (κ1) is 17.5. The van der Waals surface area contributed by atoms with Crippen LogP contribution in [0.15, 0.2) is 0 Å². The molecule has 0 aliphatic heterocycles. The molecule has 0 atom stereocenters. The predicted octanol–water partition coefficient (Wildman–Crippen LogP) is 6.72. The summed E-state index contributed by atoms with van der Waals surface area (Å²) in [5.74, 6) is 1.05. The predicted molar refractivity (Wildman–Crippen MR) is 84.0 cm³/mol. The van der Waals surface area contributed by atoms with E-state index in [9.17, 15) is 0 Å². The van der Waals surface area contributed by atoms with Gasteiger partial charge in [-0.3, -0.25) is 0 Å². The Morgan fingerprint density at radius 1 is 0.706 bits per heavy atom. The van der Waals surface area contributed by atoms with Crippen LogP contribution in [0.2, 0.25) is 0 Å². The van der Waals surface area contributed by atoms with Crippen molar-refractivity contribution in [3.8, 4) is 0 Å². The molecule has 104 valence electrons. The van der Waals surface area contributed by atoms with Gasteiger partial charge in [-0.05, 0) is 12.3 Å². The molecule has 2 aliphatic rings. The first-order valence-corrected chi connectivity index (χ1v) is 9.11. The Kier molecular flexibility index (Phi) is 15.0. The number of alkyl halides is 1. The number of hydrogen-bond acceptors (Lipinski definition) is 0. The molecule has 0 radical (unpaired) electrons.